The molecular weight excluding hydrogens is 224 g/mol. The van der Waals surface area contributed by atoms with Gasteiger partial charge >= 0.3 is 5.97 Å². The normalized spacial score (nSPS) is 28.1. The van der Waals surface area contributed by atoms with E-state index in [0.29, 0.717) is 5.41 Å². The van der Waals surface area contributed by atoms with Gasteiger partial charge in [0.25, 0.3) is 0 Å². The molecule has 1 spiro atoms. The molecule has 2 rings (SSSR count). The van der Waals surface area contributed by atoms with Gasteiger partial charge in [-0.15, -0.1) is 0 Å². The van der Waals surface area contributed by atoms with Gasteiger partial charge in [-0.2, -0.15) is 0 Å². The molecule has 0 amide bonds. The molecule has 2 aliphatic rings. The van der Waals surface area contributed by atoms with E-state index in [2.05, 4.69) is 0 Å². The van der Waals surface area contributed by atoms with Gasteiger partial charge in [0.15, 0.2) is 0 Å². The van der Waals surface area contributed by atoms with Crippen LogP contribution in [0.3, 0.4) is 0 Å². The lowest BCUT2D eigenvalue weighted by Crippen LogP contribution is -2.37. The minimum atomic E-state index is -0.339. The van der Waals surface area contributed by atoms with Crippen molar-refractivity contribution in [3.8, 4) is 0 Å². The van der Waals surface area contributed by atoms with E-state index < -0.39 is 0 Å². The van der Waals surface area contributed by atoms with E-state index in [4.69, 9.17) is 4.74 Å². The van der Waals surface area contributed by atoms with Crippen LogP contribution >= 0.6 is 0 Å². The van der Waals surface area contributed by atoms with Crippen molar-refractivity contribution >= 4 is 5.97 Å². The quantitative estimate of drug-likeness (QED) is 0.644. The second kappa shape index (κ2) is 5.22. The molecule has 0 heterocycles. The highest BCUT2D eigenvalue weighted by Crippen LogP contribution is 2.49. The molecule has 0 aromatic rings. The molecule has 0 aliphatic heterocycles. The number of ether oxygens (including phenoxy) is 1. The van der Waals surface area contributed by atoms with Gasteiger partial charge in [0.2, 0.25) is 0 Å². The Balaban J connectivity index is 1.95. The van der Waals surface area contributed by atoms with E-state index >= 15 is 0 Å². The monoisotopic (exact) mass is 252 g/mol. The highest BCUT2D eigenvalue weighted by Gasteiger charge is 2.40. The summed E-state index contributed by atoms with van der Waals surface area (Å²) in [4.78, 5) is 12.2. The fraction of sp³-hybridized carbons (Fsp3) is 0.938. The first-order chi connectivity index (χ1) is 8.40. The Labute approximate surface area is 111 Å². The van der Waals surface area contributed by atoms with E-state index in [0.717, 1.165) is 12.8 Å². The second-order valence-electron chi connectivity index (χ2n) is 7.39. The van der Waals surface area contributed by atoms with Crippen LogP contribution in [0.1, 0.15) is 78.6 Å². The Morgan fingerprint density at radius 2 is 1.67 bits per heavy atom. The molecule has 0 saturated heterocycles. The molecule has 0 radical (unpaired) electrons. The highest BCUT2D eigenvalue weighted by molar-refractivity contribution is 5.73. The number of hydrogen-bond donors (Lipinski definition) is 0. The summed E-state index contributed by atoms with van der Waals surface area (Å²) in [5.74, 6) is 0.211. The molecule has 2 nitrogen and oxygen atoms in total. The molecule has 2 saturated carbocycles. The smallest absolute Gasteiger partial charge is 0.309 e. The van der Waals surface area contributed by atoms with Crippen molar-refractivity contribution in [3.05, 3.63) is 0 Å². The Hall–Kier alpha value is -0.530. The van der Waals surface area contributed by atoms with Crippen LogP contribution in [0.4, 0.5) is 0 Å². The minimum absolute atomic E-state index is 0.0483. The first-order valence-corrected chi connectivity index (χ1v) is 7.63. The van der Waals surface area contributed by atoms with Gasteiger partial charge in [-0.1, -0.05) is 25.7 Å². The standard InChI is InChI=1S/C16H28O2/c1-15(2,3)18-14(17)13-8-7-11-16(12-13)9-5-4-6-10-16/h13H,4-12H2,1-3H3. The van der Waals surface area contributed by atoms with Crippen LogP contribution in [-0.2, 0) is 9.53 Å². The summed E-state index contributed by atoms with van der Waals surface area (Å²) in [6.07, 6.45) is 11.5. The summed E-state index contributed by atoms with van der Waals surface area (Å²) in [5, 5.41) is 0. The van der Waals surface area contributed by atoms with Gasteiger partial charge < -0.3 is 4.74 Å². The summed E-state index contributed by atoms with van der Waals surface area (Å²) < 4.78 is 5.57. The predicted molar refractivity (Wildman–Crippen MR) is 73.3 cm³/mol. The second-order valence-corrected chi connectivity index (χ2v) is 7.39. The zero-order valence-electron chi connectivity index (χ0n) is 12.3. The van der Waals surface area contributed by atoms with Crippen molar-refractivity contribution < 1.29 is 9.53 Å². The van der Waals surface area contributed by atoms with Crippen molar-refractivity contribution in [1.29, 1.82) is 0 Å². The van der Waals surface area contributed by atoms with E-state index in [1.54, 1.807) is 0 Å². The van der Waals surface area contributed by atoms with Crippen LogP contribution in [0.5, 0.6) is 0 Å². The summed E-state index contributed by atoms with van der Waals surface area (Å²) >= 11 is 0. The first kappa shape index (κ1) is 13.9. The summed E-state index contributed by atoms with van der Waals surface area (Å²) in [6.45, 7) is 5.89. The average Bonchev–Trinajstić information content (AvgIpc) is 2.28. The van der Waals surface area contributed by atoms with Crippen LogP contribution in [0.2, 0.25) is 0 Å². The van der Waals surface area contributed by atoms with Gasteiger partial charge in [0.1, 0.15) is 5.60 Å². The minimum Gasteiger partial charge on any atom is -0.460 e. The van der Waals surface area contributed by atoms with E-state index in [9.17, 15) is 4.79 Å². The fourth-order valence-corrected chi connectivity index (χ4v) is 3.79. The lowest BCUT2D eigenvalue weighted by molar-refractivity contribution is -0.163. The number of carbonyl (C=O) groups is 1. The van der Waals surface area contributed by atoms with Crippen molar-refractivity contribution in [2.24, 2.45) is 11.3 Å². The Kier molecular flexibility index (Phi) is 4.03. The fourth-order valence-electron chi connectivity index (χ4n) is 3.79. The van der Waals surface area contributed by atoms with Crippen LogP contribution in [0.15, 0.2) is 0 Å². The maximum Gasteiger partial charge on any atom is 0.309 e. The lowest BCUT2D eigenvalue weighted by atomic mass is 9.62. The van der Waals surface area contributed by atoms with Gasteiger partial charge in [0.05, 0.1) is 5.92 Å². The Morgan fingerprint density at radius 1 is 1.06 bits per heavy atom. The van der Waals surface area contributed by atoms with Crippen LogP contribution in [0, 0.1) is 11.3 Å². The number of hydrogen-bond acceptors (Lipinski definition) is 2. The van der Waals surface area contributed by atoms with Crippen LogP contribution in [0.25, 0.3) is 0 Å². The molecule has 0 aromatic heterocycles. The molecule has 2 fully saturated rings. The molecule has 0 N–H and O–H groups in total. The molecular formula is C16H28O2. The molecule has 2 aliphatic carbocycles. The molecule has 2 heteroatoms. The van der Waals surface area contributed by atoms with E-state index in [1.807, 2.05) is 20.8 Å². The largest absolute Gasteiger partial charge is 0.460 e. The molecule has 0 bridgehead atoms. The van der Waals surface area contributed by atoms with Gasteiger partial charge in [-0.25, -0.2) is 0 Å². The number of carbonyl (C=O) groups excluding carboxylic acids is 1. The van der Waals surface area contributed by atoms with E-state index in [1.165, 1.54) is 44.9 Å². The first-order valence-electron chi connectivity index (χ1n) is 7.63. The summed E-state index contributed by atoms with van der Waals surface area (Å²) in [6, 6.07) is 0. The Morgan fingerprint density at radius 3 is 2.28 bits per heavy atom. The third-order valence-corrected chi connectivity index (χ3v) is 4.59. The lowest BCUT2D eigenvalue weighted by Gasteiger charge is -2.43. The van der Waals surface area contributed by atoms with Crippen molar-refractivity contribution in [3.63, 3.8) is 0 Å². The topological polar surface area (TPSA) is 26.3 Å². The maximum atomic E-state index is 12.2. The number of esters is 1. The third-order valence-electron chi connectivity index (χ3n) is 4.59. The molecule has 0 aromatic carbocycles. The predicted octanol–water partition coefficient (Wildman–Crippen LogP) is 4.47. The zero-order valence-corrected chi connectivity index (χ0v) is 12.3. The van der Waals surface area contributed by atoms with E-state index in [-0.39, 0.29) is 17.5 Å². The summed E-state index contributed by atoms with van der Waals surface area (Å²) in [5.41, 5.74) is 0.145. The molecule has 18 heavy (non-hydrogen) atoms. The Bertz CT molecular complexity index is 289. The summed E-state index contributed by atoms with van der Waals surface area (Å²) in [7, 11) is 0. The van der Waals surface area contributed by atoms with Gasteiger partial charge in [0, 0.05) is 0 Å². The number of rotatable bonds is 1. The van der Waals surface area contributed by atoms with Gasteiger partial charge in [-0.05, 0) is 58.3 Å². The van der Waals surface area contributed by atoms with Gasteiger partial charge in [-0.3, -0.25) is 4.79 Å². The molecule has 1 unspecified atom stereocenters. The maximum absolute atomic E-state index is 12.2. The van der Waals surface area contributed by atoms with Crippen molar-refractivity contribution in [1.82, 2.24) is 0 Å². The molecule has 104 valence electrons. The SMILES string of the molecule is CC(C)(C)OC(=O)C1CCCC2(CCCCC2)C1. The van der Waals surface area contributed by atoms with Crippen LogP contribution in [-0.4, -0.2) is 11.6 Å². The highest BCUT2D eigenvalue weighted by atomic mass is 16.6. The van der Waals surface area contributed by atoms with Crippen LogP contribution < -0.4 is 0 Å². The van der Waals surface area contributed by atoms with Crippen molar-refractivity contribution in [2.45, 2.75) is 84.2 Å². The average molecular weight is 252 g/mol. The molecule has 1 atom stereocenters. The third kappa shape index (κ3) is 3.49. The van der Waals surface area contributed by atoms with Crippen molar-refractivity contribution in [2.75, 3.05) is 0 Å². The zero-order chi connectivity index (χ0) is 13.2.